The number of thiophene rings is 1. The number of hydrogen-bond donors (Lipinski definition) is 2. The average Bonchev–Trinajstić information content (AvgIpc) is 3.08. The van der Waals surface area contributed by atoms with E-state index in [4.69, 9.17) is 0 Å². The number of guanidine groups is 1. The molecule has 0 spiro atoms. The third kappa shape index (κ3) is 6.69. The van der Waals surface area contributed by atoms with Crippen LogP contribution in [0.25, 0.3) is 0 Å². The number of sulfonamides is 1. The molecule has 0 amide bonds. The van der Waals surface area contributed by atoms with Crippen molar-refractivity contribution in [2.24, 2.45) is 4.99 Å². The lowest BCUT2D eigenvalue weighted by atomic mass is 10.2. The Balaban J connectivity index is 0.00000312. The summed E-state index contributed by atoms with van der Waals surface area (Å²) in [4.78, 5) is 5.48. The van der Waals surface area contributed by atoms with Crippen LogP contribution in [0.3, 0.4) is 0 Å². The highest BCUT2D eigenvalue weighted by atomic mass is 127. The maximum atomic E-state index is 12.7. The van der Waals surface area contributed by atoms with Gasteiger partial charge in [-0.25, -0.2) is 13.4 Å². The molecule has 0 aliphatic carbocycles. The smallest absolute Gasteiger partial charge is 0.252 e. The highest BCUT2D eigenvalue weighted by Gasteiger charge is 2.27. The van der Waals surface area contributed by atoms with Crippen molar-refractivity contribution in [2.45, 2.75) is 50.3 Å². The molecule has 0 aromatic carbocycles. The summed E-state index contributed by atoms with van der Waals surface area (Å²) in [6.45, 7) is 7.56. The van der Waals surface area contributed by atoms with Gasteiger partial charge in [0.2, 0.25) is 0 Å². The van der Waals surface area contributed by atoms with E-state index in [2.05, 4.69) is 22.5 Å². The van der Waals surface area contributed by atoms with E-state index in [9.17, 15) is 8.42 Å². The monoisotopic (exact) mass is 500 g/mol. The molecule has 2 heterocycles. The molecule has 0 radical (unpaired) electrons. The third-order valence-corrected chi connectivity index (χ3v) is 7.26. The minimum atomic E-state index is -3.33. The Morgan fingerprint density at radius 3 is 2.56 bits per heavy atom. The number of nitrogens with zero attached hydrogens (tertiary/aromatic N) is 2. The van der Waals surface area contributed by atoms with E-state index in [1.807, 2.05) is 13.0 Å². The Kier molecular flexibility index (Phi) is 10.3. The topological polar surface area (TPSA) is 73.8 Å². The summed E-state index contributed by atoms with van der Waals surface area (Å²) in [7, 11) is -3.33. The maximum absolute atomic E-state index is 12.7. The largest absolute Gasteiger partial charge is 0.357 e. The Morgan fingerprint density at radius 2 is 1.92 bits per heavy atom. The molecule has 1 aliphatic rings. The van der Waals surface area contributed by atoms with E-state index in [1.54, 1.807) is 10.4 Å². The van der Waals surface area contributed by atoms with Crippen LogP contribution in [-0.4, -0.2) is 44.9 Å². The second kappa shape index (κ2) is 11.3. The number of piperidine rings is 1. The van der Waals surface area contributed by atoms with Crippen LogP contribution in [0.15, 0.2) is 21.3 Å². The molecule has 6 nitrogen and oxygen atoms in total. The summed E-state index contributed by atoms with van der Waals surface area (Å²) in [6.07, 6.45) is 4.06. The molecule has 1 aromatic heterocycles. The highest BCUT2D eigenvalue weighted by Crippen LogP contribution is 2.27. The zero-order valence-electron chi connectivity index (χ0n) is 15.0. The van der Waals surface area contributed by atoms with E-state index in [0.29, 0.717) is 23.8 Å². The Labute approximate surface area is 172 Å². The summed E-state index contributed by atoms with van der Waals surface area (Å²) >= 11 is 1.33. The van der Waals surface area contributed by atoms with E-state index in [0.717, 1.165) is 49.6 Å². The van der Waals surface area contributed by atoms with Gasteiger partial charge in [0.25, 0.3) is 10.0 Å². The Hall–Kier alpha value is -0.390. The van der Waals surface area contributed by atoms with E-state index in [-0.39, 0.29) is 24.0 Å². The molecule has 1 aliphatic heterocycles. The summed E-state index contributed by atoms with van der Waals surface area (Å²) in [5, 5.41) is 6.44. The molecular formula is C16H29IN4O2S2. The van der Waals surface area contributed by atoms with Gasteiger partial charge in [-0.05, 0) is 38.3 Å². The van der Waals surface area contributed by atoms with Gasteiger partial charge in [0.05, 0.1) is 6.54 Å². The zero-order valence-corrected chi connectivity index (χ0v) is 18.9. The van der Waals surface area contributed by atoms with Crippen LogP contribution in [0.4, 0.5) is 0 Å². The standard InChI is InChI=1S/C16H28N4O2S2.HI/c1-3-10-18-16(17-4-2)19-13-14-8-9-15(23-14)24(21,22)20-11-6-5-7-12-20;/h8-9H,3-7,10-13H2,1-2H3,(H2,17,18,19);1H. The van der Waals surface area contributed by atoms with Crippen LogP contribution in [0.2, 0.25) is 0 Å². The predicted molar refractivity (Wildman–Crippen MR) is 115 cm³/mol. The first-order chi connectivity index (χ1) is 11.6. The number of hydrogen-bond acceptors (Lipinski definition) is 4. The van der Waals surface area contributed by atoms with Gasteiger partial charge >= 0.3 is 0 Å². The van der Waals surface area contributed by atoms with E-state index < -0.39 is 10.0 Å². The molecule has 144 valence electrons. The SMILES string of the molecule is CCCNC(=NCc1ccc(S(=O)(=O)N2CCCCC2)s1)NCC.I. The van der Waals surface area contributed by atoms with Crippen molar-refractivity contribution in [3.63, 3.8) is 0 Å². The average molecular weight is 500 g/mol. The van der Waals surface area contributed by atoms with Crippen LogP contribution < -0.4 is 10.6 Å². The Morgan fingerprint density at radius 1 is 1.20 bits per heavy atom. The summed E-state index contributed by atoms with van der Waals surface area (Å²) in [5.41, 5.74) is 0. The molecule has 2 rings (SSSR count). The first kappa shape index (κ1) is 22.7. The van der Waals surface area contributed by atoms with Crippen molar-refractivity contribution in [1.82, 2.24) is 14.9 Å². The minimum Gasteiger partial charge on any atom is -0.357 e. The van der Waals surface area contributed by atoms with Gasteiger partial charge in [-0.15, -0.1) is 35.3 Å². The van der Waals surface area contributed by atoms with Crippen molar-refractivity contribution in [3.05, 3.63) is 17.0 Å². The molecule has 25 heavy (non-hydrogen) atoms. The first-order valence-electron chi connectivity index (χ1n) is 8.69. The molecule has 0 saturated carbocycles. The molecule has 0 unspecified atom stereocenters. The summed E-state index contributed by atoms with van der Waals surface area (Å²) < 4.78 is 27.4. The van der Waals surface area contributed by atoms with Gasteiger partial charge in [0.15, 0.2) is 5.96 Å². The highest BCUT2D eigenvalue weighted by molar-refractivity contribution is 14.0. The summed E-state index contributed by atoms with van der Waals surface area (Å²) in [5.74, 6) is 0.771. The molecule has 1 fully saturated rings. The fourth-order valence-corrected chi connectivity index (χ4v) is 5.51. The van der Waals surface area contributed by atoms with Crippen molar-refractivity contribution in [1.29, 1.82) is 0 Å². The zero-order chi connectivity index (χ0) is 17.4. The normalized spacial score (nSPS) is 16.3. The fourth-order valence-electron chi connectivity index (χ4n) is 2.56. The number of aliphatic imine (C=N–C) groups is 1. The van der Waals surface area contributed by atoms with E-state index >= 15 is 0 Å². The number of halogens is 1. The fraction of sp³-hybridized carbons (Fsp3) is 0.688. The quantitative estimate of drug-likeness (QED) is 0.343. The van der Waals surface area contributed by atoms with Crippen molar-refractivity contribution in [2.75, 3.05) is 26.2 Å². The van der Waals surface area contributed by atoms with E-state index in [1.165, 1.54) is 11.3 Å². The van der Waals surface area contributed by atoms with Crippen LogP contribution in [0, 0.1) is 0 Å². The van der Waals surface area contributed by atoms with Gasteiger partial charge in [0.1, 0.15) is 4.21 Å². The lowest BCUT2D eigenvalue weighted by Crippen LogP contribution is -2.37. The molecule has 0 bridgehead atoms. The molecule has 1 aromatic rings. The van der Waals surface area contributed by atoms with Crippen LogP contribution in [0.5, 0.6) is 0 Å². The molecule has 0 atom stereocenters. The van der Waals surface area contributed by atoms with Crippen molar-refractivity contribution >= 4 is 51.3 Å². The van der Waals surface area contributed by atoms with Crippen molar-refractivity contribution < 1.29 is 8.42 Å². The molecular weight excluding hydrogens is 471 g/mol. The molecule has 2 N–H and O–H groups in total. The van der Waals surface area contributed by atoms with Gasteiger partial charge < -0.3 is 10.6 Å². The van der Waals surface area contributed by atoms with Gasteiger partial charge in [0, 0.05) is 31.1 Å². The lowest BCUT2D eigenvalue weighted by molar-refractivity contribution is 0.347. The second-order valence-corrected chi connectivity index (χ2v) is 9.14. The minimum absolute atomic E-state index is 0. The molecule has 1 saturated heterocycles. The second-order valence-electron chi connectivity index (χ2n) is 5.81. The number of nitrogens with one attached hydrogen (secondary N) is 2. The Bertz CT molecular complexity index is 640. The maximum Gasteiger partial charge on any atom is 0.252 e. The van der Waals surface area contributed by atoms with Crippen LogP contribution in [-0.2, 0) is 16.6 Å². The van der Waals surface area contributed by atoms with Crippen molar-refractivity contribution in [3.8, 4) is 0 Å². The van der Waals surface area contributed by atoms with Crippen LogP contribution >= 0.6 is 35.3 Å². The van der Waals surface area contributed by atoms with Gasteiger partial charge in [-0.3, -0.25) is 0 Å². The van der Waals surface area contributed by atoms with Gasteiger partial charge in [-0.1, -0.05) is 13.3 Å². The third-order valence-electron chi connectivity index (χ3n) is 3.83. The lowest BCUT2D eigenvalue weighted by Gasteiger charge is -2.25. The number of rotatable bonds is 7. The van der Waals surface area contributed by atoms with Crippen LogP contribution in [0.1, 0.15) is 44.4 Å². The van der Waals surface area contributed by atoms with Gasteiger partial charge in [-0.2, -0.15) is 4.31 Å². The summed E-state index contributed by atoms with van der Waals surface area (Å²) in [6, 6.07) is 3.58. The first-order valence-corrected chi connectivity index (χ1v) is 10.9. The molecule has 9 heteroatoms. The predicted octanol–water partition coefficient (Wildman–Crippen LogP) is 3.01.